The van der Waals surface area contributed by atoms with Crippen molar-refractivity contribution in [3.63, 3.8) is 0 Å². The Balaban J connectivity index is 1.94. The second-order valence-electron chi connectivity index (χ2n) is 5.24. The third-order valence-electron chi connectivity index (χ3n) is 3.37. The van der Waals surface area contributed by atoms with Crippen LogP contribution < -0.4 is 0 Å². The van der Waals surface area contributed by atoms with E-state index in [1.807, 2.05) is 0 Å². The number of halogens is 2. The van der Waals surface area contributed by atoms with Crippen LogP contribution in [0.3, 0.4) is 0 Å². The maximum absolute atomic E-state index is 13.1. The fourth-order valence-electron chi connectivity index (χ4n) is 2.00. The SMILES string of the molecule is CN(CCN(C)C(=O)c1cncc(F)c1)C(=O)c1cncc(F)c1. The molecule has 2 amide bonds. The molecule has 0 bridgehead atoms. The Hall–Kier alpha value is -2.90. The monoisotopic (exact) mass is 334 g/mol. The standard InChI is InChI=1S/C16H16F2N4O2/c1-21(15(23)11-5-13(17)9-19-7-11)3-4-22(2)16(24)12-6-14(18)10-20-8-12/h5-10H,3-4H2,1-2H3. The summed E-state index contributed by atoms with van der Waals surface area (Å²) in [7, 11) is 3.07. The van der Waals surface area contributed by atoms with E-state index in [1.54, 1.807) is 0 Å². The first kappa shape index (κ1) is 17.5. The molecule has 0 aliphatic carbocycles. The van der Waals surface area contributed by atoms with Crippen LogP contribution in [0.15, 0.2) is 36.9 Å². The highest BCUT2D eigenvalue weighted by Crippen LogP contribution is 2.07. The van der Waals surface area contributed by atoms with E-state index in [1.165, 1.54) is 36.3 Å². The fraction of sp³-hybridized carbons (Fsp3) is 0.250. The zero-order chi connectivity index (χ0) is 17.7. The Morgan fingerprint density at radius 3 is 1.54 bits per heavy atom. The third kappa shape index (κ3) is 4.31. The highest BCUT2D eigenvalue weighted by molar-refractivity contribution is 5.94. The molecule has 0 aromatic carbocycles. The van der Waals surface area contributed by atoms with Gasteiger partial charge in [0.15, 0.2) is 0 Å². The quantitative estimate of drug-likeness (QED) is 0.833. The van der Waals surface area contributed by atoms with Crippen LogP contribution in [0.25, 0.3) is 0 Å². The van der Waals surface area contributed by atoms with Gasteiger partial charge in [-0.05, 0) is 12.1 Å². The molecule has 2 heterocycles. The third-order valence-corrected chi connectivity index (χ3v) is 3.37. The number of carbonyl (C=O) groups is 2. The number of aromatic nitrogens is 2. The smallest absolute Gasteiger partial charge is 0.255 e. The molecular weight excluding hydrogens is 318 g/mol. The molecule has 0 radical (unpaired) electrons. The number of pyridine rings is 2. The van der Waals surface area contributed by atoms with Crippen LogP contribution >= 0.6 is 0 Å². The number of carbonyl (C=O) groups excluding carboxylic acids is 2. The summed E-state index contributed by atoms with van der Waals surface area (Å²) in [5.74, 6) is -2.01. The molecule has 24 heavy (non-hydrogen) atoms. The van der Waals surface area contributed by atoms with Crippen molar-refractivity contribution in [2.24, 2.45) is 0 Å². The van der Waals surface area contributed by atoms with Gasteiger partial charge in [-0.3, -0.25) is 19.6 Å². The zero-order valence-electron chi connectivity index (χ0n) is 13.2. The van der Waals surface area contributed by atoms with Crippen LogP contribution in [0.4, 0.5) is 8.78 Å². The molecule has 8 heteroatoms. The summed E-state index contributed by atoms with van der Waals surface area (Å²) in [4.78, 5) is 34.3. The minimum absolute atomic E-state index is 0.126. The van der Waals surface area contributed by atoms with Crippen molar-refractivity contribution in [1.29, 1.82) is 0 Å². The molecule has 2 rings (SSSR count). The summed E-state index contributed by atoms with van der Waals surface area (Å²) in [5, 5.41) is 0. The van der Waals surface area contributed by atoms with Gasteiger partial charge in [0.2, 0.25) is 0 Å². The molecule has 126 valence electrons. The lowest BCUT2D eigenvalue weighted by atomic mass is 10.2. The van der Waals surface area contributed by atoms with Crippen molar-refractivity contribution in [3.05, 3.63) is 59.7 Å². The van der Waals surface area contributed by atoms with Crippen LogP contribution in [-0.2, 0) is 0 Å². The van der Waals surface area contributed by atoms with E-state index in [9.17, 15) is 18.4 Å². The van der Waals surface area contributed by atoms with Gasteiger partial charge in [0.25, 0.3) is 11.8 Å². The molecule has 0 aliphatic heterocycles. The van der Waals surface area contributed by atoms with Gasteiger partial charge < -0.3 is 9.80 Å². The topological polar surface area (TPSA) is 66.4 Å². The Morgan fingerprint density at radius 2 is 1.21 bits per heavy atom. The van der Waals surface area contributed by atoms with Crippen molar-refractivity contribution < 1.29 is 18.4 Å². The molecule has 0 saturated carbocycles. The fourth-order valence-corrected chi connectivity index (χ4v) is 2.00. The van der Waals surface area contributed by atoms with E-state index < -0.39 is 23.4 Å². The largest absolute Gasteiger partial charge is 0.340 e. The van der Waals surface area contributed by atoms with E-state index in [0.717, 1.165) is 24.5 Å². The van der Waals surface area contributed by atoms with Crippen LogP contribution in [-0.4, -0.2) is 58.8 Å². The number of likely N-dealkylation sites (N-methyl/N-ethyl adjacent to an activating group) is 2. The summed E-state index contributed by atoms with van der Waals surface area (Å²) in [6.45, 7) is 0.445. The van der Waals surface area contributed by atoms with E-state index in [2.05, 4.69) is 9.97 Å². The molecular formula is C16H16F2N4O2. The molecule has 0 fully saturated rings. The molecule has 2 aromatic heterocycles. The maximum atomic E-state index is 13.1. The van der Waals surface area contributed by atoms with Crippen LogP contribution in [0, 0.1) is 11.6 Å². The average Bonchev–Trinajstić information content (AvgIpc) is 2.58. The second kappa shape index (κ2) is 7.58. The summed E-state index contributed by atoms with van der Waals surface area (Å²) in [6.07, 6.45) is 4.57. The number of hydrogen-bond donors (Lipinski definition) is 0. The first-order chi connectivity index (χ1) is 11.4. The summed E-state index contributed by atoms with van der Waals surface area (Å²) < 4.78 is 26.2. The van der Waals surface area contributed by atoms with Gasteiger partial charge in [0.05, 0.1) is 23.5 Å². The zero-order valence-corrected chi connectivity index (χ0v) is 13.2. The Bertz CT molecular complexity index is 691. The number of hydrogen-bond acceptors (Lipinski definition) is 4. The predicted octanol–water partition coefficient (Wildman–Crippen LogP) is 1.60. The Kier molecular flexibility index (Phi) is 5.51. The molecule has 6 nitrogen and oxygen atoms in total. The van der Waals surface area contributed by atoms with Gasteiger partial charge in [-0.2, -0.15) is 0 Å². The first-order valence-electron chi connectivity index (χ1n) is 7.10. The minimum Gasteiger partial charge on any atom is -0.340 e. The van der Waals surface area contributed by atoms with Crippen molar-refractivity contribution in [3.8, 4) is 0 Å². The molecule has 0 N–H and O–H groups in total. The first-order valence-corrected chi connectivity index (χ1v) is 7.10. The molecule has 0 atom stereocenters. The summed E-state index contributed by atoms with van der Waals surface area (Å²) in [5.41, 5.74) is 0.252. The highest BCUT2D eigenvalue weighted by Gasteiger charge is 2.16. The van der Waals surface area contributed by atoms with E-state index in [0.29, 0.717) is 0 Å². The minimum atomic E-state index is -0.597. The van der Waals surface area contributed by atoms with Crippen LogP contribution in [0.1, 0.15) is 20.7 Å². The van der Waals surface area contributed by atoms with Crippen molar-refractivity contribution >= 4 is 11.8 Å². The molecule has 0 aliphatic rings. The lowest BCUT2D eigenvalue weighted by Gasteiger charge is -2.22. The van der Waals surface area contributed by atoms with E-state index in [4.69, 9.17) is 0 Å². The molecule has 2 aromatic rings. The average molecular weight is 334 g/mol. The molecule has 0 unspecified atom stereocenters. The number of nitrogens with zero attached hydrogens (tertiary/aromatic N) is 4. The highest BCUT2D eigenvalue weighted by atomic mass is 19.1. The summed E-state index contributed by atoms with van der Waals surface area (Å²) in [6, 6.07) is 2.19. The summed E-state index contributed by atoms with van der Waals surface area (Å²) >= 11 is 0. The maximum Gasteiger partial charge on any atom is 0.255 e. The lowest BCUT2D eigenvalue weighted by molar-refractivity contribution is 0.0718. The second-order valence-corrected chi connectivity index (χ2v) is 5.24. The Morgan fingerprint density at radius 1 is 0.833 bits per heavy atom. The van der Waals surface area contributed by atoms with E-state index >= 15 is 0 Å². The van der Waals surface area contributed by atoms with Gasteiger partial charge >= 0.3 is 0 Å². The lowest BCUT2D eigenvalue weighted by Crippen LogP contribution is -2.37. The Labute approximate surface area is 137 Å². The van der Waals surface area contributed by atoms with Crippen LogP contribution in [0.5, 0.6) is 0 Å². The van der Waals surface area contributed by atoms with Gasteiger partial charge in [-0.15, -0.1) is 0 Å². The predicted molar refractivity (Wildman–Crippen MR) is 82.3 cm³/mol. The van der Waals surface area contributed by atoms with E-state index in [-0.39, 0.29) is 24.2 Å². The normalized spacial score (nSPS) is 10.3. The van der Waals surface area contributed by atoms with Gasteiger partial charge in [0, 0.05) is 39.6 Å². The molecule has 0 spiro atoms. The van der Waals surface area contributed by atoms with Crippen molar-refractivity contribution in [2.75, 3.05) is 27.2 Å². The van der Waals surface area contributed by atoms with Gasteiger partial charge in [-0.1, -0.05) is 0 Å². The molecule has 0 saturated heterocycles. The van der Waals surface area contributed by atoms with Crippen molar-refractivity contribution in [1.82, 2.24) is 19.8 Å². The van der Waals surface area contributed by atoms with Crippen molar-refractivity contribution in [2.45, 2.75) is 0 Å². The van der Waals surface area contributed by atoms with Crippen LogP contribution in [0.2, 0.25) is 0 Å². The number of rotatable bonds is 5. The van der Waals surface area contributed by atoms with Gasteiger partial charge in [0.1, 0.15) is 11.6 Å². The van der Waals surface area contributed by atoms with Gasteiger partial charge in [-0.25, -0.2) is 8.78 Å². The number of amides is 2.